The van der Waals surface area contributed by atoms with E-state index < -0.39 is 5.41 Å². The molecule has 0 heterocycles. The van der Waals surface area contributed by atoms with Crippen molar-refractivity contribution in [2.24, 2.45) is 17.3 Å². The topological polar surface area (TPSA) is 52.6 Å². The molecule has 0 N–H and O–H groups in total. The van der Waals surface area contributed by atoms with Gasteiger partial charge in [0.1, 0.15) is 5.60 Å². The summed E-state index contributed by atoms with van der Waals surface area (Å²) in [5.41, 5.74) is -0.632. The Kier molecular flexibility index (Phi) is 6.33. The second-order valence-corrected chi connectivity index (χ2v) is 8.63. The zero-order valence-electron chi connectivity index (χ0n) is 15.9. The predicted molar refractivity (Wildman–Crippen MR) is 93.4 cm³/mol. The molecule has 0 saturated heterocycles. The van der Waals surface area contributed by atoms with E-state index in [4.69, 9.17) is 9.47 Å². The second-order valence-electron chi connectivity index (χ2n) is 8.63. The van der Waals surface area contributed by atoms with Crippen molar-refractivity contribution < 1.29 is 19.1 Å². The Morgan fingerprint density at radius 3 is 2.21 bits per heavy atom. The molecule has 2 aliphatic rings. The summed E-state index contributed by atoms with van der Waals surface area (Å²) in [6.45, 7) is 8.40. The Morgan fingerprint density at radius 2 is 1.67 bits per heavy atom. The largest absolute Gasteiger partial charge is 0.465 e. The maximum absolute atomic E-state index is 12.4. The fraction of sp³-hybridized carbons (Fsp3) is 0.900. The van der Waals surface area contributed by atoms with Gasteiger partial charge in [-0.2, -0.15) is 0 Å². The lowest BCUT2D eigenvalue weighted by atomic mass is 9.82. The molecule has 0 radical (unpaired) electrons. The van der Waals surface area contributed by atoms with E-state index >= 15 is 0 Å². The highest BCUT2D eigenvalue weighted by Crippen LogP contribution is 2.36. The van der Waals surface area contributed by atoms with Gasteiger partial charge in [-0.3, -0.25) is 9.59 Å². The van der Waals surface area contributed by atoms with Gasteiger partial charge in [-0.25, -0.2) is 0 Å². The summed E-state index contributed by atoms with van der Waals surface area (Å²) >= 11 is 0. The molecule has 0 aromatic heterocycles. The Labute approximate surface area is 146 Å². The van der Waals surface area contributed by atoms with Crippen LogP contribution in [0, 0.1) is 17.3 Å². The Hall–Kier alpha value is -1.06. The quantitative estimate of drug-likeness (QED) is 0.662. The maximum Gasteiger partial charge on any atom is 0.311 e. The lowest BCUT2D eigenvalue weighted by Crippen LogP contribution is -2.34. The minimum Gasteiger partial charge on any atom is -0.465 e. The maximum atomic E-state index is 12.4. The Balaban J connectivity index is 1.71. The van der Waals surface area contributed by atoms with Crippen molar-refractivity contribution in [2.45, 2.75) is 91.1 Å². The van der Waals surface area contributed by atoms with Gasteiger partial charge in [-0.05, 0) is 84.5 Å². The first-order chi connectivity index (χ1) is 11.3. The molecule has 0 unspecified atom stereocenters. The van der Waals surface area contributed by atoms with E-state index in [2.05, 4.69) is 6.92 Å². The van der Waals surface area contributed by atoms with E-state index in [9.17, 15) is 9.59 Å². The lowest BCUT2D eigenvalue weighted by Gasteiger charge is -2.31. The van der Waals surface area contributed by atoms with E-state index in [0.29, 0.717) is 12.5 Å². The van der Waals surface area contributed by atoms with Crippen molar-refractivity contribution >= 4 is 11.9 Å². The monoisotopic (exact) mass is 338 g/mol. The third kappa shape index (κ3) is 4.97. The van der Waals surface area contributed by atoms with Gasteiger partial charge in [0.25, 0.3) is 0 Å². The Morgan fingerprint density at radius 1 is 1.08 bits per heavy atom. The third-order valence-electron chi connectivity index (χ3n) is 6.07. The van der Waals surface area contributed by atoms with Gasteiger partial charge in [-0.15, -0.1) is 0 Å². The van der Waals surface area contributed by atoms with Crippen LogP contribution in [0.15, 0.2) is 0 Å². The lowest BCUT2D eigenvalue weighted by molar-refractivity contribution is -0.165. The number of carbonyl (C=O) groups is 2. The molecule has 2 saturated carbocycles. The van der Waals surface area contributed by atoms with E-state index in [-0.39, 0.29) is 23.5 Å². The van der Waals surface area contributed by atoms with Crippen molar-refractivity contribution in [3.8, 4) is 0 Å². The van der Waals surface area contributed by atoms with Crippen LogP contribution in [0.1, 0.15) is 85.5 Å². The number of carbonyl (C=O) groups excluding carboxylic acids is 2. The summed E-state index contributed by atoms with van der Waals surface area (Å²) in [6, 6.07) is 0. The summed E-state index contributed by atoms with van der Waals surface area (Å²) in [6.07, 6.45) is 8.69. The van der Waals surface area contributed by atoms with Gasteiger partial charge in [-0.1, -0.05) is 6.92 Å². The highest BCUT2D eigenvalue weighted by Gasteiger charge is 2.36. The summed E-state index contributed by atoms with van der Waals surface area (Å²) < 4.78 is 11.3. The van der Waals surface area contributed by atoms with Crippen LogP contribution in [-0.2, 0) is 19.1 Å². The molecule has 0 atom stereocenters. The number of hydrogen-bond acceptors (Lipinski definition) is 4. The van der Waals surface area contributed by atoms with Crippen molar-refractivity contribution in [3.05, 3.63) is 0 Å². The number of rotatable bonds is 6. The first-order valence-electron chi connectivity index (χ1n) is 9.66. The van der Waals surface area contributed by atoms with Crippen molar-refractivity contribution in [2.75, 3.05) is 6.61 Å². The second kappa shape index (κ2) is 7.88. The third-order valence-corrected chi connectivity index (χ3v) is 6.07. The zero-order valence-corrected chi connectivity index (χ0v) is 15.9. The van der Waals surface area contributed by atoms with Crippen molar-refractivity contribution in [1.29, 1.82) is 0 Å². The van der Waals surface area contributed by atoms with Crippen LogP contribution in [0.4, 0.5) is 0 Å². The summed E-state index contributed by atoms with van der Waals surface area (Å²) in [4.78, 5) is 24.4. The molecule has 0 amide bonds. The van der Waals surface area contributed by atoms with Crippen LogP contribution in [0.5, 0.6) is 0 Å². The van der Waals surface area contributed by atoms with Gasteiger partial charge < -0.3 is 9.47 Å². The fourth-order valence-electron chi connectivity index (χ4n) is 3.65. The fourth-order valence-corrected chi connectivity index (χ4v) is 3.65. The first-order valence-corrected chi connectivity index (χ1v) is 9.66. The van der Waals surface area contributed by atoms with Crippen molar-refractivity contribution in [1.82, 2.24) is 0 Å². The average molecular weight is 338 g/mol. The molecule has 4 heteroatoms. The molecule has 0 aromatic rings. The SMILES string of the molecule is CCC(C)(C)C(=O)OCC1CCC(C(=O)OC2(C)CCCC2)CC1. The van der Waals surface area contributed by atoms with Crippen LogP contribution in [-0.4, -0.2) is 24.1 Å². The van der Waals surface area contributed by atoms with Gasteiger partial charge in [0, 0.05) is 0 Å². The van der Waals surface area contributed by atoms with Crippen LogP contribution in [0.25, 0.3) is 0 Å². The van der Waals surface area contributed by atoms with E-state index in [1.54, 1.807) is 0 Å². The normalized spacial score (nSPS) is 26.8. The average Bonchev–Trinajstić information content (AvgIpc) is 2.99. The van der Waals surface area contributed by atoms with Gasteiger partial charge in [0.2, 0.25) is 0 Å². The summed E-state index contributed by atoms with van der Waals surface area (Å²) in [7, 11) is 0. The molecule has 0 bridgehead atoms. The summed E-state index contributed by atoms with van der Waals surface area (Å²) in [5, 5.41) is 0. The van der Waals surface area contributed by atoms with Crippen molar-refractivity contribution in [3.63, 3.8) is 0 Å². The molecular weight excluding hydrogens is 304 g/mol. The molecular formula is C20H34O4. The van der Waals surface area contributed by atoms with Crippen LogP contribution in [0.3, 0.4) is 0 Å². The van der Waals surface area contributed by atoms with E-state index in [0.717, 1.165) is 57.8 Å². The predicted octanol–water partition coefficient (Wildman–Crippen LogP) is 4.65. The molecule has 138 valence electrons. The molecule has 2 aliphatic carbocycles. The molecule has 0 aliphatic heterocycles. The van der Waals surface area contributed by atoms with E-state index in [1.807, 2.05) is 20.8 Å². The molecule has 4 nitrogen and oxygen atoms in total. The van der Waals surface area contributed by atoms with Gasteiger partial charge in [0.15, 0.2) is 0 Å². The minimum atomic E-state index is -0.405. The molecule has 2 rings (SSSR count). The van der Waals surface area contributed by atoms with Crippen LogP contribution >= 0.6 is 0 Å². The highest BCUT2D eigenvalue weighted by molar-refractivity contribution is 5.75. The summed E-state index contributed by atoms with van der Waals surface area (Å²) in [5.74, 6) is 0.289. The van der Waals surface area contributed by atoms with E-state index in [1.165, 1.54) is 0 Å². The molecule has 2 fully saturated rings. The first kappa shape index (κ1) is 19.3. The van der Waals surface area contributed by atoms with Crippen LogP contribution < -0.4 is 0 Å². The Bertz CT molecular complexity index is 441. The molecule has 0 spiro atoms. The number of hydrogen-bond donors (Lipinski definition) is 0. The van der Waals surface area contributed by atoms with Crippen LogP contribution in [0.2, 0.25) is 0 Å². The molecule has 0 aromatic carbocycles. The van der Waals surface area contributed by atoms with Gasteiger partial charge in [0.05, 0.1) is 17.9 Å². The minimum absolute atomic E-state index is 0.0121. The standard InChI is InChI=1S/C20H34O4/c1-5-19(2,3)18(22)23-14-15-8-10-16(11-9-15)17(21)24-20(4)12-6-7-13-20/h15-16H,5-14H2,1-4H3. The number of esters is 2. The van der Waals surface area contributed by atoms with Gasteiger partial charge >= 0.3 is 11.9 Å². The molecule has 24 heavy (non-hydrogen) atoms. The number of ether oxygens (including phenoxy) is 2. The smallest absolute Gasteiger partial charge is 0.311 e. The highest BCUT2D eigenvalue weighted by atomic mass is 16.6. The zero-order chi connectivity index (χ0) is 17.8.